The molecule has 4 nitrogen and oxygen atoms in total. The van der Waals surface area contributed by atoms with Crippen LogP contribution in [0.4, 0.5) is 0 Å². The van der Waals surface area contributed by atoms with E-state index in [1.165, 1.54) is 0 Å². The summed E-state index contributed by atoms with van der Waals surface area (Å²) in [4.78, 5) is 11.0. The lowest BCUT2D eigenvalue weighted by Gasteiger charge is -2.25. The number of hydrogen-bond donors (Lipinski definition) is 2. The molecule has 0 fully saturated rings. The largest absolute Gasteiger partial charge is 0.481 e. The summed E-state index contributed by atoms with van der Waals surface area (Å²) in [7, 11) is 3.94. The lowest BCUT2D eigenvalue weighted by Crippen LogP contribution is -2.30. The maximum atomic E-state index is 9.92. The van der Waals surface area contributed by atoms with Gasteiger partial charge in [0.25, 0.3) is 5.97 Å². The van der Waals surface area contributed by atoms with Crippen molar-refractivity contribution >= 4 is 5.97 Å². The van der Waals surface area contributed by atoms with Gasteiger partial charge < -0.3 is 15.1 Å². The maximum absolute atomic E-state index is 9.92. The molecule has 0 aromatic heterocycles. The van der Waals surface area contributed by atoms with Crippen molar-refractivity contribution in [2.75, 3.05) is 14.1 Å². The van der Waals surface area contributed by atoms with Crippen LogP contribution in [0.25, 0.3) is 0 Å². The van der Waals surface area contributed by atoms with Crippen LogP contribution < -0.4 is 0 Å². The zero-order chi connectivity index (χ0) is 13.4. The lowest BCUT2D eigenvalue weighted by atomic mass is 10.0. The normalized spacial score (nSPS) is 13.5. The van der Waals surface area contributed by atoms with Gasteiger partial charge in [-0.15, -0.1) is 0 Å². The van der Waals surface area contributed by atoms with Crippen LogP contribution >= 0.6 is 0 Å². The molecular formula is C13H21NO3. The summed E-state index contributed by atoms with van der Waals surface area (Å²) in [6, 6.07) is 9.88. The van der Waals surface area contributed by atoms with Gasteiger partial charge in [-0.2, -0.15) is 0 Å². The zero-order valence-corrected chi connectivity index (χ0v) is 10.8. The van der Waals surface area contributed by atoms with E-state index in [2.05, 4.69) is 0 Å². The predicted molar refractivity (Wildman–Crippen MR) is 67.9 cm³/mol. The number of rotatable bonds is 3. The van der Waals surface area contributed by atoms with Crippen LogP contribution in [0, 0.1) is 0 Å². The molecule has 0 spiro atoms. The van der Waals surface area contributed by atoms with E-state index in [9.17, 15) is 5.11 Å². The van der Waals surface area contributed by atoms with Gasteiger partial charge in [0.2, 0.25) is 0 Å². The number of aliphatic hydroxyl groups excluding tert-OH is 1. The Bertz CT molecular complexity index is 321. The summed E-state index contributed by atoms with van der Waals surface area (Å²) in [5, 5.41) is 17.3. The number of aliphatic hydroxyl groups is 1. The summed E-state index contributed by atoms with van der Waals surface area (Å²) in [6.07, 6.45) is -0.406. The highest BCUT2D eigenvalue weighted by molar-refractivity contribution is 5.62. The van der Waals surface area contributed by atoms with E-state index < -0.39 is 12.1 Å². The molecular weight excluding hydrogens is 218 g/mol. The van der Waals surface area contributed by atoms with Crippen molar-refractivity contribution in [2.45, 2.75) is 26.0 Å². The summed E-state index contributed by atoms with van der Waals surface area (Å²) in [5.41, 5.74) is 0.976. The number of aliphatic carboxylic acids is 1. The SMILES string of the molecule is CC(=O)O.C[C@@H]([C@H](O)c1ccccc1)N(C)C. The number of nitrogens with zero attached hydrogens (tertiary/aromatic N) is 1. The second-order valence-corrected chi connectivity index (χ2v) is 4.08. The molecule has 1 aromatic carbocycles. The van der Waals surface area contributed by atoms with Crippen molar-refractivity contribution in [1.29, 1.82) is 0 Å². The molecule has 0 unspecified atom stereocenters. The van der Waals surface area contributed by atoms with Crippen LogP contribution in [-0.2, 0) is 4.79 Å². The van der Waals surface area contributed by atoms with Crippen LogP contribution in [-0.4, -0.2) is 41.2 Å². The van der Waals surface area contributed by atoms with Crippen LogP contribution in [0.3, 0.4) is 0 Å². The highest BCUT2D eigenvalue weighted by Gasteiger charge is 2.17. The topological polar surface area (TPSA) is 60.8 Å². The summed E-state index contributed by atoms with van der Waals surface area (Å²) in [5.74, 6) is -0.833. The first-order valence-electron chi connectivity index (χ1n) is 5.45. The fraction of sp³-hybridized carbons (Fsp3) is 0.462. The molecule has 2 atom stereocenters. The minimum atomic E-state index is -0.833. The third-order valence-corrected chi connectivity index (χ3v) is 2.41. The molecule has 17 heavy (non-hydrogen) atoms. The fourth-order valence-corrected chi connectivity index (χ4v) is 1.21. The minimum Gasteiger partial charge on any atom is -0.481 e. The Morgan fingerprint density at radius 2 is 1.65 bits per heavy atom. The Hall–Kier alpha value is -1.39. The number of carboxylic acids is 1. The van der Waals surface area contributed by atoms with E-state index in [-0.39, 0.29) is 6.04 Å². The van der Waals surface area contributed by atoms with Gasteiger partial charge >= 0.3 is 0 Å². The van der Waals surface area contributed by atoms with Gasteiger partial charge in [-0.25, -0.2) is 0 Å². The van der Waals surface area contributed by atoms with Crippen molar-refractivity contribution in [3.8, 4) is 0 Å². The second-order valence-electron chi connectivity index (χ2n) is 4.08. The molecule has 96 valence electrons. The average molecular weight is 239 g/mol. The van der Waals surface area contributed by atoms with E-state index in [0.29, 0.717) is 0 Å². The highest BCUT2D eigenvalue weighted by atomic mass is 16.4. The Kier molecular flexibility index (Phi) is 7.18. The zero-order valence-electron chi connectivity index (χ0n) is 10.8. The van der Waals surface area contributed by atoms with Crippen molar-refractivity contribution < 1.29 is 15.0 Å². The first-order valence-corrected chi connectivity index (χ1v) is 5.45. The van der Waals surface area contributed by atoms with Crippen molar-refractivity contribution in [3.63, 3.8) is 0 Å². The summed E-state index contributed by atoms with van der Waals surface area (Å²) >= 11 is 0. The van der Waals surface area contributed by atoms with E-state index in [4.69, 9.17) is 9.90 Å². The summed E-state index contributed by atoms with van der Waals surface area (Å²) < 4.78 is 0. The third kappa shape index (κ3) is 6.71. The van der Waals surface area contributed by atoms with Gasteiger partial charge in [0.15, 0.2) is 0 Å². The molecule has 2 N–H and O–H groups in total. The molecule has 0 amide bonds. The standard InChI is InChI=1S/C11H17NO.C2H4O2/c1-9(12(2)3)11(13)10-7-5-4-6-8-10;1-2(3)4/h4-9,11,13H,1-3H3;1H3,(H,3,4)/t9-,11-;/m0./s1. The van der Waals surface area contributed by atoms with Crippen LogP contribution in [0.2, 0.25) is 0 Å². The number of carbonyl (C=O) groups is 1. The van der Waals surface area contributed by atoms with Gasteiger partial charge in [0.1, 0.15) is 0 Å². The molecule has 0 bridgehead atoms. The quantitative estimate of drug-likeness (QED) is 0.843. The molecule has 0 radical (unpaired) electrons. The Balaban J connectivity index is 0.000000557. The Morgan fingerprint density at radius 1 is 1.24 bits per heavy atom. The molecule has 4 heteroatoms. The van der Waals surface area contributed by atoms with E-state index in [1.54, 1.807) is 0 Å². The molecule has 0 heterocycles. The van der Waals surface area contributed by atoms with Crippen LogP contribution in [0.15, 0.2) is 30.3 Å². The Morgan fingerprint density at radius 3 is 2.00 bits per heavy atom. The lowest BCUT2D eigenvalue weighted by molar-refractivity contribution is -0.134. The Labute approximate surface area is 103 Å². The average Bonchev–Trinajstić information content (AvgIpc) is 2.27. The first-order chi connectivity index (χ1) is 7.86. The molecule has 1 rings (SSSR count). The molecule has 0 aliphatic rings. The maximum Gasteiger partial charge on any atom is 0.300 e. The van der Waals surface area contributed by atoms with Crippen molar-refractivity contribution in [2.24, 2.45) is 0 Å². The third-order valence-electron chi connectivity index (χ3n) is 2.41. The van der Waals surface area contributed by atoms with Crippen LogP contribution in [0.1, 0.15) is 25.5 Å². The molecule has 1 aromatic rings. The van der Waals surface area contributed by atoms with Gasteiger partial charge in [0.05, 0.1) is 6.10 Å². The smallest absolute Gasteiger partial charge is 0.300 e. The monoisotopic (exact) mass is 239 g/mol. The molecule has 0 saturated carbocycles. The highest BCUT2D eigenvalue weighted by Crippen LogP contribution is 2.18. The predicted octanol–water partition coefficient (Wildman–Crippen LogP) is 1.76. The van der Waals surface area contributed by atoms with E-state index in [1.807, 2.05) is 56.3 Å². The number of likely N-dealkylation sites (N-methyl/N-ethyl adjacent to an activating group) is 1. The van der Waals surface area contributed by atoms with Gasteiger partial charge in [-0.3, -0.25) is 4.79 Å². The van der Waals surface area contributed by atoms with Crippen molar-refractivity contribution in [1.82, 2.24) is 4.90 Å². The number of carboxylic acid groups (broad SMARTS) is 1. The van der Waals surface area contributed by atoms with Gasteiger partial charge in [-0.05, 0) is 26.6 Å². The second kappa shape index (κ2) is 7.81. The minimum absolute atomic E-state index is 0.141. The van der Waals surface area contributed by atoms with E-state index in [0.717, 1.165) is 12.5 Å². The number of hydrogen-bond acceptors (Lipinski definition) is 3. The van der Waals surface area contributed by atoms with E-state index >= 15 is 0 Å². The van der Waals surface area contributed by atoms with Crippen molar-refractivity contribution in [3.05, 3.63) is 35.9 Å². The molecule has 0 saturated heterocycles. The molecule has 0 aliphatic heterocycles. The summed E-state index contributed by atoms with van der Waals surface area (Å²) in [6.45, 7) is 3.09. The molecule has 0 aliphatic carbocycles. The first kappa shape index (κ1) is 15.6. The van der Waals surface area contributed by atoms with Crippen LogP contribution in [0.5, 0.6) is 0 Å². The fourth-order valence-electron chi connectivity index (χ4n) is 1.21. The van der Waals surface area contributed by atoms with Gasteiger partial charge in [0, 0.05) is 13.0 Å². The van der Waals surface area contributed by atoms with Gasteiger partial charge in [-0.1, -0.05) is 30.3 Å². The number of benzene rings is 1.